The van der Waals surface area contributed by atoms with E-state index in [4.69, 9.17) is 0 Å². The first-order valence-electron chi connectivity index (χ1n) is 10.5. The molecule has 0 bridgehead atoms. The number of carbonyl (C=O) groups excluding carboxylic acids is 2. The number of nitrogens with zero attached hydrogens (tertiary/aromatic N) is 4. The van der Waals surface area contributed by atoms with Crippen LogP contribution in [0.25, 0.3) is 15.4 Å². The maximum atomic E-state index is 13.3. The smallest absolute Gasteiger partial charge is 0.274 e. The van der Waals surface area contributed by atoms with Crippen LogP contribution >= 0.6 is 22.7 Å². The summed E-state index contributed by atoms with van der Waals surface area (Å²) in [4.78, 5) is 38.5. The Hall–Kier alpha value is -3.04. The van der Waals surface area contributed by atoms with Crippen LogP contribution in [0, 0.1) is 20.8 Å². The third-order valence-electron chi connectivity index (χ3n) is 5.77. The number of aromatic nitrogens is 3. The third-order valence-corrected chi connectivity index (χ3v) is 7.75. The maximum absolute atomic E-state index is 13.3. The maximum Gasteiger partial charge on any atom is 0.274 e. The van der Waals surface area contributed by atoms with E-state index in [2.05, 4.69) is 21.4 Å². The molecule has 1 fully saturated rings. The van der Waals surface area contributed by atoms with E-state index < -0.39 is 0 Å². The van der Waals surface area contributed by atoms with Gasteiger partial charge >= 0.3 is 0 Å². The van der Waals surface area contributed by atoms with E-state index in [-0.39, 0.29) is 17.9 Å². The molecule has 1 aromatic carbocycles. The first kappa shape index (κ1) is 20.8. The molecule has 164 valence electrons. The SMILES string of the molecule is Cc1cccc(-c2sc(C)nc2C(=O)N2CC[C@@H]2CNC(=O)c2cnc3scc(C)n23)c1. The van der Waals surface area contributed by atoms with Gasteiger partial charge in [0.2, 0.25) is 0 Å². The first-order valence-corrected chi connectivity index (χ1v) is 12.2. The molecule has 0 radical (unpaired) electrons. The molecule has 3 aromatic heterocycles. The van der Waals surface area contributed by atoms with E-state index in [1.807, 2.05) is 53.7 Å². The number of likely N-dealkylation sites (tertiary alicyclic amines) is 1. The third kappa shape index (κ3) is 3.61. The lowest BCUT2D eigenvalue weighted by Crippen LogP contribution is -2.56. The zero-order valence-corrected chi connectivity index (χ0v) is 19.7. The van der Waals surface area contributed by atoms with Gasteiger partial charge in [0.25, 0.3) is 11.8 Å². The minimum Gasteiger partial charge on any atom is -0.349 e. The van der Waals surface area contributed by atoms with E-state index in [0.717, 1.165) is 38.1 Å². The van der Waals surface area contributed by atoms with Crippen molar-refractivity contribution in [1.82, 2.24) is 24.6 Å². The zero-order chi connectivity index (χ0) is 22.4. The number of hydrogen-bond acceptors (Lipinski definition) is 6. The van der Waals surface area contributed by atoms with Gasteiger partial charge in [-0.15, -0.1) is 22.7 Å². The molecule has 0 aliphatic carbocycles. The lowest BCUT2D eigenvalue weighted by atomic mass is 10.0. The Kier molecular flexibility index (Phi) is 5.30. The lowest BCUT2D eigenvalue weighted by Gasteiger charge is -2.40. The van der Waals surface area contributed by atoms with E-state index in [1.54, 1.807) is 17.5 Å². The molecule has 0 spiro atoms. The van der Waals surface area contributed by atoms with Gasteiger partial charge in [-0.2, -0.15) is 0 Å². The topological polar surface area (TPSA) is 79.6 Å². The van der Waals surface area contributed by atoms with E-state index in [9.17, 15) is 9.59 Å². The number of benzene rings is 1. The van der Waals surface area contributed by atoms with E-state index in [0.29, 0.717) is 24.5 Å². The highest BCUT2D eigenvalue weighted by molar-refractivity contribution is 7.15. The van der Waals surface area contributed by atoms with Gasteiger partial charge in [0.05, 0.1) is 22.1 Å². The summed E-state index contributed by atoms with van der Waals surface area (Å²) >= 11 is 3.05. The lowest BCUT2D eigenvalue weighted by molar-refractivity contribution is 0.0451. The fourth-order valence-electron chi connectivity index (χ4n) is 4.02. The molecule has 0 unspecified atom stereocenters. The summed E-state index contributed by atoms with van der Waals surface area (Å²) in [5, 5.41) is 5.83. The van der Waals surface area contributed by atoms with Crippen LogP contribution in [0.2, 0.25) is 0 Å². The second-order valence-corrected chi connectivity index (χ2v) is 10.1. The van der Waals surface area contributed by atoms with Crippen LogP contribution in [0.5, 0.6) is 0 Å². The largest absolute Gasteiger partial charge is 0.349 e. The number of imidazole rings is 1. The molecular formula is C23H23N5O2S2. The molecule has 1 atom stereocenters. The summed E-state index contributed by atoms with van der Waals surface area (Å²) in [7, 11) is 0. The Labute approximate surface area is 193 Å². The van der Waals surface area contributed by atoms with Crippen molar-refractivity contribution in [3.8, 4) is 10.4 Å². The van der Waals surface area contributed by atoms with Gasteiger partial charge < -0.3 is 10.2 Å². The Morgan fingerprint density at radius 2 is 2.09 bits per heavy atom. The first-order chi connectivity index (χ1) is 15.4. The van der Waals surface area contributed by atoms with E-state index >= 15 is 0 Å². The summed E-state index contributed by atoms with van der Waals surface area (Å²) in [6.45, 7) is 7.00. The molecule has 1 aliphatic rings. The molecule has 5 rings (SSSR count). The van der Waals surface area contributed by atoms with Crippen LogP contribution in [0.4, 0.5) is 0 Å². The monoisotopic (exact) mass is 465 g/mol. The fraction of sp³-hybridized carbons (Fsp3) is 0.304. The number of aryl methyl sites for hydroxylation is 3. The molecule has 0 saturated carbocycles. The van der Waals surface area contributed by atoms with Crippen LogP contribution in [-0.2, 0) is 0 Å². The quantitative estimate of drug-likeness (QED) is 0.482. The molecule has 1 N–H and O–H groups in total. The van der Waals surface area contributed by atoms with Crippen molar-refractivity contribution >= 4 is 39.4 Å². The predicted octanol–water partition coefficient (Wildman–Crippen LogP) is 4.09. The number of thiazole rings is 2. The highest BCUT2D eigenvalue weighted by Gasteiger charge is 2.35. The summed E-state index contributed by atoms with van der Waals surface area (Å²) in [5.41, 5.74) is 4.16. The molecular weight excluding hydrogens is 442 g/mol. The summed E-state index contributed by atoms with van der Waals surface area (Å²) in [5.74, 6) is -0.250. The van der Waals surface area contributed by atoms with Gasteiger partial charge in [-0.25, -0.2) is 9.97 Å². The van der Waals surface area contributed by atoms with Gasteiger partial charge in [0, 0.05) is 24.2 Å². The Balaban J connectivity index is 1.30. The van der Waals surface area contributed by atoms with Gasteiger partial charge in [-0.05, 0) is 32.8 Å². The minimum atomic E-state index is -0.178. The van der Waals surface area contributed by atoms with Gasteiger partial charge in [-0.1, -0.05) is 29.8 Å². The van der Waals surface area contributed by atoms with Crippen molar-refractivity contribution in [2.75, 3.05) is 13.1 Å². The number of hydrogen-bond donors (Lipinski definition) is 1. The Bertz CT molecular complexity index is 1340. The molecule has 1 aliphatic heterocycles. The second kappa shape index (κ2) is 8.14. The normalized spacial score (nSPS) is 15.7. The average molecular weight is 466 g/mol. The van der Waals surface area contributed by atoms with Gasteiger partial charge in [0.1, 0.15) is 11.4 Å². The number of fused-ring (bicyclic) bond motifs is 1. The molecule has 4 aromatic rings. The fourth-order valence-corrected chi connectivity index (χ4v) is 5.77. The molecule has 32 heavy (non-hydrogen) atoms. The minimum absolute atomic E-state index is 0.0363. The average Bonchev–Trinajstić information content (AvgIpc) is 3.43. The molecule has 7 nitrogen and oxygen atoms in total. The summed E-state index contributed by atoms with van der Waals surface area (Å²) in [6, 6.07) is 8.10. The summed E-state index contributed by atoms with van der Waals surface area (Å²) < 4.78 is 1.86. The molecule has 9 heteroatoms. The van der Waals surface area contributed by atoms with Gasteiger partial charge in [-0.3, -0.25) is 14.0 Å². The van der Waals surface area contributed by atoms with Crippen LogP contribution in [-0.4, -0.2) is 50.2 Å². The van der Waals surface area contributed by atoms with Crippen molar-refractivity contribution in [2.45, 2.75) is 33.2 Å². The number of nitrogens with one attached hydrogen (secondary N) is 1. The molecule has 2 amide bonds. The van der Waals surface area contributed by atoms with Crippen molar-refractivity contribution in [2.24, 2.45) is 0 Å². The van der Waals surface area contributed by atoms with Crippen molar-refractivity contribution in [3.63, 3.8) is 0 Å². The van der Waals surface area contributed by atoms with Crippen molar-refractivity contribution < 1.29 is 9.59 Å². The Morgan fingerprint density at radius 1 is 1.25 bits per heavy atom. The van der Waals surface area contributed by atoms with Crippen LogP contribution in [0.3, 0.4) is 0 Å². The predicted molar refractivity (Wildman–Crippen MR) is 127 cm³/mol. The highest BCUT2D eigenvalue weighted by atomic mass is 32.1. The van der Waals surface area contributed by atoms with Crippen LogP contribution < -0.4 is 5.32 Å². The summed E-state index contributed by atoms with van der Waals surface area (Å²) in [6.07, 6.45) is 2.46. The van der Waals surface area contributed by atoms with Crippen LogP contribution in [0.1, 0.15) is 43.7 Å². The molecule has 4 heterocycles. The number of rotatable bonds is 5. The van der Waals surface area contributed by atoms with E-state index in [1.165, 1.54) is 11.3 Å². The van der Waals surface area contributed by atoms with Gasteiger partial charge in [0.15, 0.2) is 4.96 Å². The number of carbonyl (C=O) groups is 2. The standard InChI is InChI=1S/C23H23N5O2S2/c1-13-5-4-6-16(9-13)20-19(26-15(3)32-20)22(30)27-8-7-17(27)10-24-21(29)18-11-25-23-28(18)14(2)12-31-23/h4-6,9,11-12,17H,7-8,10H2,1-3H3,(H,24,29)/t17-/m1/s1. The van der Waals surface area contributed by atoms with Crippen molar-refractivity contribution in [3.05, 3.63) is 63.5 Å². The highest BCUT2D eigenvalue weighted by Crippen LogP contribution is 2.33. The zero-order valence-electron chi connectivity index (χ0n) is 18.1. The van der Waals surface area contributed by atoms with Crippen molar-refractivity contribution in [1.29, 1.82) is 0 Å². The number of amides is 2. The Morgan fingerprint density at radius 3 is 2.84 bits per heavy atom. The second-order valence-electron chi connectivity index (χ2n) is 8.07. The van der Waals surface area contributed by atoms with Crippen LogP contribution in [0.15, 0.2) is 35.8 Å². The molecule has 1 saturated heterocycles.